The number of aryl methyl sites for hydroxylation is 1. The van der Waals surface area contributed by atoms with Crippen molar-refractivity contribution < 1.29 is 9.90 Å². The molecular formula is C16H19ClN2O2. The van der Waals surface area contributed by atoms with Gasteiger partial charge in [-0.25, -0.2) is 9.48 Å². The second-order valence-electron chi connectivity index (χ2n) is 5.66. The van der Waals surface area contributed by atoms with Crippen molar-refractivity contribution in [1.29, 1.82) is 0 Å². The first-order valence-corrected chi connectivity index (χ1v) is 7.30. The van der Waals surface area contributed by atoms with Gasteiger partial charge < -0.3 is 5.11 Å². The largest absolute Gasteiger partial charge is 0.478 e. The molecule has 21 heavy (non-hydrogen) atoms. The van der Waals surface area contributed by atoms with E-state index in [0.717, 1.165) is 11.1 Å². The molecule has 0 fully saturated rings. The van der Waals surface area contributed by atoms with E-state index in [1.165, 1.54) is 0 Å². The van der Waals surface area contributed by atoms with Crippen molar-refractivity contribution in [1.82, 2.24) is 9.78 Å². The van der Waals surface area contributed by atoms with Gasteiger partial charge in [0.15, 0.2) is 0 Å². The lowest BCUT2D eigenvalue weighted by Gasteiger charge is -2.04. The van der Waals surface area contributed by atoms with E-state index in [-0.39, 0.29) is 10.7 Å². The molecular weight excluding hydrogens is 288 g/mol. The lowest BCUT2D eigenvalue weighted by Crippen LogP contribution is -2.04. The molecule has 1 N–H and O–H groups in total. The van der Waals surface area contributed by atoms with Gasteiger partial charge in [0, 0.05) is 0 Å². The van der Waals surface area contributed by atoms with E-state index < -0.39 is 5.97 Å². The first-order valence-electron chi connectivity index (χ1n) is 6.92. The molecule has 112 valence electrons. The Labute approximate surface area is 129 Å². The highest BCUT2D eigenvalue weighted by atomic mass is 35.5. The lowest BCUT2D eigenvalue weighted by atomic mass is 10.1. The standard InChI is InChI=1S/C16H19ClN2O2/c1-10(2)7-13-14(16(20)21)15(17)19(18-13)9-12-6-4-5-11(3)8-12/h4-6,8,10H,7,9H2,1-3H3,(H,20,21). The number of aromatic carboxylic acids is 1. The van der Waals surface area contributed by atoms with E-state index in [1.807, 2.05) is 45.0 Å². The number of hydrogen-bond donors (Lipinski definition) is 1. The van der Waals surface area contributed by atoms with Crippen molar-refractivity contribution in [3.8, 4) is 0 Å². The summed E-state index contributed by atoms with van der Waals surface area (Å²) in [6.07, 6.45) is 0.599. The second kappa shape index (κ2) is 6.31. The molecule has 1 heterocycles. The minimum atomic E-state index is -1.02. The maximum Gasteiger partial charge on any atom is 0.340 e. The third-order valence-corrected chi connectivity index (χ3v) is 3.58. The Kier molecular flexibility index (Phi) is 4.68. The van der Waals surface area contributed by atoms with Gasteiger partial charge in [-0.3, -0.25) is 0 Å². The fraction of sp³-hybridized carbons (Fsp3) is 0.375. The van der Waals surface area contributed by atoms with E-state index in [4.69, 9.17) is 11.6 Å². The van der Waals surface area contributed by atoms with Gasteiger partial charge in [0.25, 0.3) is 0 Å². The Morgan fingerprint density at radius 3 is 2.71 bits per heavy atom. The zero-order valence-electron chi connectivity index (χ0n) is 12.4. The van der Waals surface area contributed by atoms with E-state index >= 15 is 0 Å². The highest BCUT2D eigenvalue weighted by Crippen LogP contribution is 2.23. The number of halogens is 1. The predicted octanol–water partition coefficient (Wildman–Crippen LogP) is 3.79. The van der Waals surface area contributed by atoms with Crippen LogP contribution < -0.4 is 0 Å². The first kappa shape index (κ1) is 15.6. The molecule has 0 spiro atoms. The Morgan fingerprint density at radius 2 is 2.14 bits per heavy atom. The van der Waals surface area contributed by atoms with Crippen LogP contribution in [0.25, 0.3) is 0 Å². The van der Waals surface area contributed by atoms with Crippen molar-refractivity contribution in [3.05, 3.63) is 51.8 Å². The van der Waals surface area contributed by atoms with Crippen LogP contribution in [0.3, 0.4) is 0 Å². The minimum Gasteiger partial charge on any atom is -0.478 e. The van der Waals surface area contributed by atoms with Gasteiger partial charge in [-0.2, -0.15) is 5.10 Å². The van der Waals surface area contributed by atoms with Gasteiger partial charge in [0.2, 0.25) is 0 Å². The highest BCUT2D eigenvalue weighted by Gasteiger charge is 2.22. The van der Waals surface area contributed by atoms with Gasteiger partial charge in [-0.05, 0) is 24.8 Å². The quantitative estimate of drug-likeness (QED) is 0.914. The van der Waals surface area contributed by atoms with Crippen LogP contribution in [-0.4, -0.2) is 20.9 Å². The van der Waals surface area contributed by atoms with E-state index in [2.05, 4.69) is 5.10 Å². The molecule has 0 unspecified atom stereocenters. The third-order valence-electron chi connectivity index (χ3n) is 3.19. The molecule has 0 atom stereocenters. The van der Waals surface area contributed by atoms with Crippen molar-refractivity contribution in [2.45, 2.75) is 33.7 Å². The molecule has 0 bridgehead atoms. The molecule has 1 aromatic carbocycles. The molecule has 0 aliphatic carbocycles. The monoisotopic (exact) mass is 306 g/mol. The summed E-state index contributed by atoms with van der Waals surface area (Å²) in [4.78, 5) is 11.4. The van der Waals surface area contributed by atoms with Gasteiger partial charge in [-0.1, -0.05) is 55.3 Å². The normalized spacial score (nSPS) is 11.1. The van der Waals surface area contributed by atoms with Crippen LogP contribution in [-0.2, 0) is 13.0 Å². The van der Waals surface area contributed by atoms with Crippen molar-refractivity contribution in [2.75, 3.05) is 0 Å². The first-order chi connectivity index (χ1) is 9.88. The number of aromatic nitrogens is 2. The van der Waals surface area contributed by atoms with Crippen molar-refractivity contribution >= 4 is 17.6 Å². The van der Waals surface area contributed by atoms with Gasteiger partial charge >= 0.3 is 5.97 Å². The van der Waals surface area contributed by atoms with Gasteiger partial charge in [0.1, 0.15) is 10.7 Å². The topological polar surface area (TPSA) is 55.1 Å². The van der Waals surface area contributed by atoms with Crippen LogP contribution in [0.4, 0.5) is 0 Å². The summed E-state index contributed by atoms with van der Waals surface area (Å²) in [7, 11) is 0. The Hall–Kier alpha value is -1.81. The maximum absolute atomic E-state index is 11.4. The van der Waals surface area contributed by atoms with Gasteiger partial charge in [0.05, 0.1) is 12.2 Å². The summed E-state index contributed by atoms with van der Waals surface area (Å²) in [6.45, 7) is 6.54. The molecule has 0 radical (unpaired) electrons. The number of hydrogen-bond acceptors (Lipinski definition) is 2. The smallest absolute Gasteiger partial charge is 0.340 e. The van der Waals surface area contributed by atoms with Crippen LogP contribution in [0, 0.1) is 12.8 Å². The van der Waals surface area contributed by atoms with Crippen molar-refractivity contribution in [3.63, 3.8) is 0 Å². The molecule has 5 heteroatoms. The number of benzene rings is 1. The number of nitrogens with zero attached hydrogens (tertiary/aromatic N) is 2. The lowest BCUT2D eigenvalue weighted by molar-refractivity contribution is 0.0695. The van der Waals surface area contributed by atoms with Crippen LogP contribution >= 0.6 is 11.6 Å². The van der Waals surface area contributed by atoms with Crippen LogP contribution in [0.5, 0.6) is 0 Å². The number of carbonyl (C=O) groups is 1. The molecule has 2 aromatic rings. The zero-order valence-corrected chi connectivity index (χ0v) is 13.2. The second-order valence-corrected chi connectivity index (χ2v) is 6.02. The minimum absolute atomic E-state index is 0.123. The molecule has 0 saturated carbocycles. The Balaban J connectivity index is 2.38. The molecule has 0 aliphatic heterocycles. The number of carboxylic acid groups (broad SMARTS) is 1. The van der Waals surface area contributed by atoms with Crippen molar-refractivity contribution in [2.24, 2.45) is 5.92 Å². The van der Waals surface area contributed by atoms with Crippen LogP contribution in [0.1, 0.15) is 41.0 Å². The Bertz CT molecular complexity index is 662. The average molecular weight is 307 g/mol. The average Bonchev–Trinajstić information content (AvgIpc) is 2.65. The van der Waals surface area contributed by atoms with Crippen LogP contribution in [0.15, 0.2) is 24.3 Å². The molecule has 4 nitrogen and oxygen atoms in total. The zero-order chi connectivity index (χ0) is 15.6. The summed E-state index contributed by atoms with van der Waals surface area (Å²) in [5.74, 6) is -0.701. The third kappa shape index (κ3) is 3.64. The van der Waals surface area contributed by atoms with Crippen LogP contribution in [0.2, 0.25) is 5.15 Å². The molecule has 0 amide bonds. The fourth-order valence-corrected chi connectivity index (χ4v) is 2.60. The summed E-state index contributed by atoms with van der Waals surface area (Å²) >= 11 is 6.22. The van der Waals surface area contributed by atoms with Gasteiger partial charge in [-0.15, -0.1) is 0 Å². The van der Waals surface area contributed by atoms with E-state index in [1.54, 1.807) is 4.68 Å². The summed E-state index contributed by atoms with van der Waals surface area (Å²) in [5.41, 5.74) is 2.87. The Morgan fingerprint density at radius 1 is 1.43 bits per heavy atom. The number of carboxylic acids is 1. The van der Waals surface area contributed by atoms with E-state index in [9.17, 15) is 9.90 Å². The van der Waals surface area contributed by atoms with E-state index in [0.29, 0.717) is 24.6 Å². The summed E-state index contributed by atoms with van der Waals surface area (Å²) in [5, 5.41) is 13.9. The maximum atomic E-state index is 11.4. The number of rotatable bonds is 5. The molecule has 0 saturated heterocycles. The fourth-order valence-electron chi connectivity index (χ4n) is 2.32. The SMILES string of the molecule is Cc1cccc(Cn2nc(CC(C)C)c(C(=O)O)c2Cl)c1. The molecule has 2 rings (SSSR count). The molecule has 0 aliphatic rings. The predicted molar refractivity (Wildman–Crippen MR) is 83.0 cm³/mol. The highest BCUT2D eigenvalue weighted by molar-refractivity contribution is 6.32. The summed E-state index contributed by atoms with van der Waals surface area (Å²) in [6, 6.07) is 8.00. The molecule has 1 aromatic heterocycles. The summed E-state index contributed by atoms with van der Waals surface area (Å²) < 4.78 is 1.57.